The highest BCUT2D eigenvalue weighted by Gasteiger charge is 2.56. The van der Waals surface area contributed by atoms with Crippen molar-refractivity contribution in [1.29, 1.82) is 0 Å². The third kappa shape index (κ3) is 2.03. The first-order valence-corrected chi connectivity index (χ1v) is 7.52. The number of rotatable bonds is 3. The van der Waals surface area contributed by atoms with Gasteiger partial charge in [0.1, 0.15) is 24.4 Å². The number of hydrogen-bond acceptors (Lipinski definition) is 3. The topological polar surface area (TPSA) is 52.2 Å². The molecule has 1 unspecified atom stereocenters. The average Bonchev–Trinajstić information content (AvgIpc) is 2.79. The second kappa shape index (κ2) is 5.19. The third-order valence-electron chi connectivity index (χ3n) is 5.18. The van der Waals surface area contributed by atoms with Gasteiger partial charge in [-0.05, 0) is 25.0 Å². The van der Waals surface area contributed by atoms with Crippen LogP contribution < -0.4 is 14.9 Å². The van der Waals surface area contributed by atoms with Crippen molar-refractivity contribution >= 4 is 11.7 Å². The lowest BCUT2D eigenvalue weighted by atomic mass is 9.79. The highest BCUT2D eigenvalue weighted by molar-refractivity contribution is 5.71. The van der Waals surface area contributed by atoms with E-state index in [0.717, 1.165) is 25.1 Å². The van der Waals surface area contributed by atoms with Gasteiger partial charge in [-0.3, -0.25) is 9.80 Å². The Bertz CT molecular complexity index is 483. The molecule has 1 atom stereocenters. The fourth-order valence-electron chi connectivity index (χ4n) is 4.23. The van der Waals surface area contributed by atoms with Gasteiger partial charge in [-0.25, -0.2) is 0 Å². The molecule has 4 heteroatoms. The molecule has 1 aromatic carbocycles. The average molecular weight is 274 g/mol. The van der Waals surface area contributed by atoms with Crippen LogP contribution in [-0.4, -0.2) is 31.3 Å². The summed E-state index contributed by atoms with van der Waals surface area (Å²) >= 11 is 0. The van der Waals surface area contributed by atoms with Crippen molar-refractivity contribution in [3.63, 3.8) is 0 Å². The molecule has 20 heavy (non-hydrogen) atoms. The van der Waals surface area contributed by atoms with Crippen molar-refractivity contribution in [2.45, 2.75) is 37.6 Å². The highest BCUT2D eigenvalue weighted by atomic mass is 16.4. The predicted molar refractivity (Wildman–Crippen MR) is 76.8 cm³/mol. The first kappa shape index (κ1) is 13.6. The van der Waals surface area contributed by atoms with Crippen molar-refractivity contribution in [2.75, 3.05) is 19.8 Å². The van der Waals surface area contributed by atoms with Gasteiger partial charge in [-0.15, -0.1) is 0 Å². The quantitative estimate of drug-likeness (QED) is 0.837. The minimum absolute atomic E-state index is 0.0275. The van der Waals surface area contributed by atoms with Crippen molar-refractivity contribution in [3.8, 4) is 0 Å². The van der Waals surface area contributed by atoms with Crippen LogP contribution in [0.25, 0.3) is 0 Å². The molecular formula is C16H22N2O2. The van der Waals surface area contributed by atoms with Crippen molar-refractivity contribution in [1.82, 2.24) is 9.80 Å². The van der Waals surface area contributed by atoms with E-state index < -0.39 is 5.97 Å². The monoisotopic (exact) mass is 274 g/mol. The fraction of sp³-hybridized carbons (Fsp3) is 0.562. The van der Waals surface area contributed by atoms with E-state index in [1.165, 1.54) is 19.3 Å². The molecule has 1 saturated heterocycles. The van der Waals surface area contributed by atoms with Crippen LogP contribution in [0.5, 0.6) is 0 Å². The molecule has 1 aromatic rings. The molecular weight excluding hydrogens is 252 g/mol. The Morgan fingerprint density at radius 2 is 1.90 bits per heavy atom. The van der Waals surface area contributed by atoms with Gasteiger partial charge < -0.3 is 9.90 Å². The number of aliphatic carboxylic acids is 1. The van der Waals surface area contributed by atoms with E-state index in [9.17, 15) is 9.90 Å². The van der Waals surface area contributed by atoms with Gasteiger partial charge in [0.25, 0.3) is 0 Å². The summed E-state index contributed by atoms with van der Waals surface area (Å²) in [7, 11) is 0. The zero-order valence-electron chi connectivity index (χ0n) is 11.8. The molecule has 108 valence electrons. The molecule has 1 heterocycles. The summed E-state index contributed by atoms with van der Waals surface area (Å²) in [5, 5.41) is 14.9. The molecule has 0 radical (unpaired) electrons. The summed E-state index contributed by atoms with van der Waals surface area (Å²) in [5.41, 5.74) is 1.13. The van der Waals surface area contributed by atoms with Crippen LogP contribution >= 0.6 is 0 Å². The first-order chi connectivity index (χ1) is 9.69. The first-order valence-electron chi connectivity index (χ1n) is 7.52. The largest absolute Gasteiger partial charge is 0.544 e. The minimum atomic E-state index is -0.956. The SMILES string of the molecule is O=C([O-])C[N+]1(c2ccccc2)CNCC12CCCCC2. The third-order valence-corrected chi connectivity index (χ3v) is 5.18. The Labute approximate surface area is 120 Å². The van der Waals surface area contributed by atoms with Crippen molar-refractivity contribution in [3.05, 3.63) is 30.3 Å². The minimum Gasteiger partial charge on any atom is -0.544 e. The number of nitrogens with one attached hydrogen (secondary N) is 1. The summed E-state index contributed by atoms with van der Waals surface area (Å²) in [5.74, 6) is -0.956. The number of para-hydroxylation sites is 1. The van der Waals surface area contributed by atoms with Gasteiger partial charge in [-0.1, -0.05) is 24.6 Å². The smallest absolute Gasteiger partial charge is 0.138 e. The Hall–Kier alpha value is -1.39. The standard InChI is InChI=1S/C16H22N2O2/c19-15(20)11-18(14-7-3-1-4-8-14)13-17-12-16(18)9-5-2-6-10-16/h1,3-4,7-8,17H,2,5-6,9-13H2. The summed E-state index contributed by atoms with van der Waals surface area (Å²) < 4.78 is 0.510. The molecule has 0 bridgehead atoms. The number of carboxylic acids is 1. The van der Waals surface area contributed by atoms with Crippen LogP contribution in [0.1, 0.15) is 32.1 Å². The molecule has 1 spiro atoms. The van der Waals surface area contributed by atoms with Gasteiger partial charge in [0, 0.05) is 12.8 Å². The van der Waals surface area contributed by atoms with Crippen LogP contribution in [0.3, 0.4) is 0 Å². The fourth-order valence-corrected chi connectivity index (χ4v) is 4.23. The lowest BCUT2D eigenvalue weighted by Gasteiger charge is -2.49. The molecule has 1 aliphatic heterocycles. The summed E-state index contributed by atoms with van der Waals surface area (Å²) in [4.78, 5) is 11.4. The molecule has 3 rings (SSSR count). The number of benzene rings is 1. The zero-order chi connectivity index (χ0) is 14.1. The van der Waals surface area contributed by atoms with Crippen molar-refractivity contribution < 1.29 is 9.90 Å². The zero-order valence-corrected chi connectivity index (χ0v) is 11.8. The normalized spacial score (nSPS) is 28.6. The molecule has 1 aliphatic carbocycles. The number of quaternary nitrogens is 1. The predicted octanol–water partition coefficient (Wildman–Crippen LogP) is 1.01. The molecule has 0 aromatic heterocycles. The highest BCUT2D eigenvalue weighted by Crippen LogP contribution is 2.44. The van der Waals surface area contributed by atoms with Crippen LogP contribution in [0.4, 0.5) is 5.69 Å². The summed E-state index contributed by atoms with van der Waals surface area (Å²) in [6, 6.07) is 10.1. The molecule has 0 amide bonds. The lowest BCUT2D eigenvalue weighted by Crippen LogP contribution is -2.67. The Morgan fingerprint density at radius 3 is 2.55 bits per heavy atom. The van der Waals surface area contributed by atoms with E-state index in [1.807, 2.05) is 18.2 Å². The summed E-state index contributed by atoms with van der Waals surface area (Å²) in [6.45, 7) is 1.67. The maximum Gasteiger partial charge on any atom is 0.138 e. The van der Waals surface area contributed by atoms with E-state index in [-0.39, 0.29) is 12.1 Å². The van der Waals surface area contributed by atoms with E-state index in [2.05, 4.69) is 17.4 Å². The van der Waals surface area contributed by atoms with E-state index in [0.29, 0.717) is 11.2 Å². The number of hydrogen-bond donors (Lipinski definition) is 1. The Morgan fingerprint density at radius 1 is 1.20 bits per heavy atom. The van der Waals surface area contributed by atoms with Gasteiger partial charge in [0.2, 0.25) is 0 Å². The molecule has 4 nitrogen and oxygen atoms in total. The number of nitrogens with zero attached hydrogens (tertiary/aromatic N) is 1. The lowest BCUT2D eigenvalue weighted by molar-refractivity contribution is -0.306. The maximum atomic E-state index is 11.4. The van der Waals surface area contributed by atoms with Crippen LogP contribution in [0.15, 0.2) is 30.3 Å². The Balaban J connectivity index is 2.07. The number of carbonyl (C=O) groups is 1. The van der Waals surface area contributed by atoms with Gasteiger partial charge in [0.05, 0.1) is 12.5 Å². The molecule has 2 aliphatic rings. The Kier molecular flexibility index (Phi) is 3.52. The summed E-state index contributed by atoms with van der Waals surface area (Å²) in [6.07, 6.45) is 5.86. The van der Waals surface area contributed by atoms with E-state index in [1.54, 1.807) is 0 Å². The number of carboxylic acid groups (broad SMARTS) is 1. The van der Waals surface area contributed by atoms with Crippen molar-refractivity contribution in [2.24, 2.45) is 0 Å². The molecule has 1 saturated carbocycles. The van der Waals surface area contributed by atoms with E-state index >= 15 is 0 Å². The second-order valence-electron chi connectivity index (χ2n) is 6.20. The number of carbonyl (C=O) groups excluding carboxylic acids is 1. The van der Waals surface area contributed by atoms with Crippen LogP contribution in [0.2, 0.25) is 0 Å². The second-order valence-corrected chi connectivity index (χ2v) is 6.20. The van der Waals surface area contributed by atoms with E-state index in [4.69, 9.17) is 0 Å². The van der Waals surface area contributed by atoms with Crippen LogP contribution in [0, 0.1) is 0 Å². The molecule has 2 fully saturated rings. The molecule has 1 N–H and O–H groups in total. The van der Waals surface area contributed by atoms with Gasteiger partial charge >= 0.3 is 0 Å². The maximum absolute atomic E-state index is 11.4. The van der Waals surface area contributed by atoms with Gasteiger partial charge in [0.15, 0.2) is 0 Å². The van der Waals surface area contributed by atoms with Crippen LogP contribution in [-0.2, 0) is 4.79 Å². The van der Waals surface area contributed by atoms with Gasteiger partial charge in [-0.2, -0.15) is 0 Å².